The van der Waals surface area contributed by atoms with E-state index in [9.17, 15) is 5.11 Å². The molecule has 0 spiro atoms. The van der Waals surface area contributed by atoms with Gasteiger partial charge in [-0.1, -0.05) is 18.6 Å². The maximum Gasteiger partial charge on any atom is 0.0543 e. The van der Waals surface area contributed by atoms with Crippen molar-refractivity contribution in [3.05, 3.63) is 23.3 Å². The molecule has 1 heteroatoms. The molecule has 5 atom stereocenters. The van der Waals surface area contributed by atoms with Gasteiger partial charge in [-0.15, -0.1) is 0 Å². The standard InChI is InChI=1S/C17H24O/c18-13-6-9-15-12(10-13)5-8-16-14-3-1-2-11(14)4-7-17(15)16/h7-8,11-15,18H,1-6,9-10H2. The van der Waals surface area contributed by atoms with Crippen molar-refractivity contribution in [1.82, 2.24) is 0 Å². The zero-order valence-corrected chi connectivity index (χ0v) is 11.1. The van der Waals surface area contributed by atoms with Crippen LogP contribution >= 0.6 is 0 Å². The second-order valence-electron chi connectivity index (χ2n) is 6.92. The molecule has 4 rings (SSSR count). The number of rotatable bonds is 0. The Morgan fingerprint density at radius 1 is 0.833 bits per heavy atom. The molecule has 0 aromatic rings. The third kappa shape index (κ3) is 1.63. The van der Waals surface area contributed by atoms with Gasteiger partial charge in [0.25, 0.3) is 0 Å². The summed E-state index contributed by atoms with van der Waals surface area (Å²) >= 11 is 0. The molecule has 4 aliphatic carbocycles. The minimum Gasteiger partial charge on any atom is -0.393 e. The molecule has 18 heavy (non-hydrogen) atoms. The van der Waals surface area contributed by atoms with Gasteiger partial charge in [0.05, 0.1) is 6.10 Å². The predicted octanol–water partition coefficient (Wildman–Crippen LogP) is 3.84. The molecule has 1 nitrogen and oxygen atoms in total. The van der Waals surface area contributed by atoms with E-state index < -0.39 is 0 Å². The zero-order chi connectivity index (χ0) is 12.1. The molecule has 0 radical (unpaired) electrons. The summed E-state index contributed by atoms with van der Waals surface area (Å²) < 4.78 is 0. The van der Waals surface area contributed by atoms with E-state index in [4.69, 9.17) is 0 Å². The van der Waals surface area contributed by atoms with Crippen LogP contribution in [0.5, 0.6) is 0 Å². The van der Waals surface area contributed by atoms with Gasteiger partial charge in [-0.2, -0.15) is 0 Å². The predicted molar refractivity (Wildman–Crippen MR) is 73.1 cm³/mol. The van der Waals surface area contributed by atoms with Crippen LogP contribution in [-0.2, 0) is 0 Å². The summed E-state index contributed by atoms with van der Waals surface area (Å²) in [6, 6.07) is 0. The van der Waals surface area contributed by atoms with Gasteiger partial charge < -0.3 is 5.11 Å². The van der Waals surface area contributed by atoms with Gasteiger partial charge in [0.1, 0.15) is 0 Å². The Bertz CT molecular complexity index is 406. The number of fused-ring (bicyclic) bond motifs is 5. The highest BCUT2D eigenvalue weighted by Crippen LogP contribution is 2.52. The lowest BCUT2D eigenvalue weighted by Gasteiger charge is -2.43. The first-order valence-corrected chi connectivity index (χ1v) is 7.91. The summed E-state index contributed by atoms with van der Waals surface area (Å²) in [5.74, 6) is 3.39. The number of allylic oxidation sites excluding steroid dienone is 4. The van der Waals surface area contributed by atoms with Gasteiger partial charge >= 0.3 is 0 Å². The van der Waals surface area contributed by atoms with E-state index in [1.165, 1.54) is 38.5 Å². The van der Waals surface area contributed by atoms with Crippen molar-refractivity contribution in [2.75, 3.05) is 0 Å². The van der Waals surface area contributed by atoms with Crippen LogP contribution in [0.25, 0.3) is 0 Å². The van der Waals surface area contributed by atoms with Crippen molar-refractivity contribution in [2.45, 2.75) is 57.5 Å². The average Bonchev–Trinajstić information content (AvgIpc) is 2.86. The Morgan fingerprint density at radius 3 is 2.39 bits per heavy atom. The SMILES string of the molecule is OC1CCC2C3=CCC4CCCC4C3=CCC2C1. The van der Waals surface area contributed by atoms with Gasteiger partial charge in [-0.3, -0.25) is 0 Å². The topological polar surface area (TPSA) is 20.2 Å². The summed E-state index contributed by atoms with van der Waals surface area (Å²) in [5.41, 5.74) is 3.45. The van der Waals surface area contributed by atoms with Gasteiger partial charge in [-0.05, 0) is 79.8 Å². The molecule has 2 fully saturated rings. The molecular formula is C17H24O. The van der Waals surface area contributed by atoms with E-state index in [1.807, 2.05) is 0 Å². The molecule has 98 valence electrons. The first-order valence-electron chi connectivity index (χ1n) is 7.91. The second kappa shape index (κ2) is 4.23. The summed E-state index contributed by atoms with van der Waals surface area (Å²) in [6.45, 7) is 0. The van der Waals surface area contributed by atoms with Crippen LogP contribution in [0.4, 0.5) is 0 Å². The molecule has 4 aliphatic rings. The smallest absolute Gasteiger partial charge is 0.0543 e. The highest BCUT2D eigenvalue weighted by molar-refractivity contribution is 5.41. The third-order valence-corrected chi connectivity index (χ3v) is 6.03. The van der Waals surface area contributed by atoms with Crippen molar-refractivity contribution in [3.8, 4) is 0 Å². The minimum absolute atomic E-state index is 0.0235. The molecule has 2 saturated carbocycles. The summed E-state index contributed by atoms with van der Waals surface area (Å²) in [5, 5.41) is 9.85. The summed E-state index contributed by atoms with van der Waals surface area (Å²) in [7, 11) is 0. The van der Waals surface area contributed by atoms with Crippen LogP contribution in [0.15, 0.2) is 23.3 Å². The fourth-order valence-corrected chi connectivity index (χ4v) is 5.16. The Balaban J connectivity index is 1.66. The van der Waals surface area contributed by atoms with Crippen LogP contribution in [0.2, 0.25) is 0 Å². The van der Waals surface area contributed by atoms with Crippen molar-refractivity contribution in [1.29, 1.82) is 0 Å². The Hall–Kier alpha value is -0.560. The van der Waals surface area contributed by atoms with Crippen LogP contribution in [0, 0.1) is 23.7 Å². The quantitative estimate of drug-likeness (QED) is 0.686. The largest absolute Gasteiger partial charge is 0.393 e. The van der Waals surface area contributed by atoms with E-state index in [0.717, 1.165) is 36.5 Å². The molecule has 0 saturated heterocycles. The molecule has 0 amide bonds. The zero-order valence-electron chi connectivity index (χ0n) is 11.1. The van der Waals surface area contributed by atoms with Gasteiger partial charge in [0, 0.05) is 0 Å². The van der Waals surface area contributed by atoms with E-state index in [-0.39, 0.29) is 6.10 Å². The highest BCUT2D eigenvalue weighted by atomic mass is 16.3. The molecule has 0 bridgehead atoms. The molecule has 0 aromatic heterocycles. The van der Waals surface area contributed by atoms with Crippen molar-refractivity contribution in [3.63, 3.8) is 0 Å². The Kier molecular flexibility index (Phi) is 2.65. The molecule has 0 aliphatic heterocycles. The number of aliphatic hydroxyl groups is 1. The number of aliphatic hydroxyl groups excluding tert-OH is 1. The van der Waals surface area contributed by atoms with E-state index >= 15 is 0 Å². The van der Waals surface area contributed by atoms with Gasteiger partial charge in [0.2, 0.25) is 0 Å². The number of hydrogen-bond donors (Lipinski definition) is 1. The second-order valence-corrected chi connectivity index (χ2v) is 6.92. The molecule has 1 N–H and O–H groups in total. The van der Waals surface area contributed by atoms with Crippen LogP contribution in [-0.4, -0.2) is 11.2 Å². The number of hydrogen-bond acceptors (Lipinski definition) is 1. The highest BCUT2D eigenvalue weighted by Gasteiger charge is 2.41. The minimum atomic E-state index is -0.0235. The van der Waals surface area contributed by atoms with E-state index in [1.54, 1.807) is 11.1 Å². The maximum absolute atomic E-state index is 9.85. The first-order chi connectivity index (χ1) is 8.83. The maximum atomic E-state index is 9.85. The molecule has 5 unspecified atom stereocenters. The summed E-state index contributed by atoms with van der Waals surface area (Å²) in [4.78, 5) is 0. The monoisotopic (exact) mass is 244 g/mol. The third-order valence-electron chi connectivity index (χ3n) is 6.03. The summed E-state index contributed by atoms with van der Waals surface area (Å²) in [6.07, 6.45) is 15.3. The Morgan fingerprint density at radius 2 is 1.56 bits per heavy atom. The van der Waals surface area contributed by atoms with Gasteiger partial charge in [-0.25, -0.2) is 0 Å². The molecular weight excluding hydrogens is 220 g/mol. The first kappa shape index (κ1) is 11.3. The van der Waals surface area contributed by atoms with Gasteiger partial charge in [0.15, 0.2) is 0 Å². The van der Waals surface area contributed by atoms with Crippen molar-refractivity contribution >= 4 is 0 Å². The molecule has 0 aromatic carbocycles. The lowest BCUT2D eigenvalue weighted by atomic mass is 9.62. The van der Waals surface area contributed by atoms with Crippen LogP contribution < -0.4 is 0 Å². The van der Waals surface area contributed by atoms with Crippen molar-refractivity contribution in [2.24, 2.45) is 23.7 Å². The lowest BCUT2D eigenvalue weighted by Crippen LogP contribution is -2.34. The Labute approximate surface area is 110 Å². The van der Waals surface area contributed by atoms with Crippen molar-refractivity contribution < 1.29 is 5.11 Å². The lowest BCUT2D eigenvalue weighted by molar-refractivity contribution is 0.0768. The van der Waals surface area contributed by atoms with E-state index in [2.05, 4.69) is 12.2 Å². The fourth-order valence-electron chi connectivity index (χ4n) is 5.16. The molecule has 0 heterocycles. The average molecular weight is 244 g/mol. The van der Waals surface area contributed by atoms with E-state index in [0.29, 0.717) is 0 Å². The fraction of sp³-hybridized carbons (Fsp3) is 0.765. The van der Waals surface area contributed by atoms with Crippen LogP contribution in [0.3, 0.4) is 0 Å². The van der Waals surface area contributed by atoms with Crippen LogP contribution in [0.1, 0.15) is 51.4 Å². The normalized spacial score (nSPS) is 46.6.